The van der Waals surface area contributed by atoms with Gasteiger partial charge in [0.15, 0.2) is 10.5 Å². The number of hydrogen-bond donors (Lipinski definition) is 0. The Kier molecular flexibility index (Phi) is 9.26. The summed E-state index contributed by atoms with van der Waals surface area (Å²) in [5, 5.41) is 0. The van der Waals surface area contributed by atoms with E-state index in [1.54, 1.807) is 32.8 Å². The van der Waals surface area contributed by atoms with Gasteiger partial charge in [-0.25, -0.2) is 0 Å². The molecule has 124 valence electrons. The van der Waals surface area contributed by atoms with Gasteiger partial charge in [0.1, 0.15) is 0 Å². The van der Waals surface area contributed by atoms with Crippen molar-refractivity contribution in [3.8, 4) is 0 Å². The van der Waals surface area contributed by atoms with E-state index in [0.717, 1.165) is 0 Å². The Hall–Kier alpha value is 0.280. The molecule has 0 atom stereocenters. The van der Waals surface area contributed by atoms with Crippen LogP contribution in [0.2, 0.25) is 7.25 Å². The molecule has 0 amide bonds. The zero-order valence-corrected chi connectivity index (χ0v) is 19.5. The summed E-state index contributed by atoms with van der Waals surface area (Å²) in [7, 11) is 3.11. The summed E-state index contributed by atoms with van der Waals surface area (Å²) in [6, 6.07) is 11.8. The molecular weight excluding hydrogens is 481 g/mol. The molecule has 2 fully saturated rings. The van der Waals surface area contributed by atoms with Crippen molar-refractivity contribution in [2.24, 2.45) is 0 Å². The van der Waals surface area contributed by atoms with E-state index in [-0.39, 0.29) is 0 Å². The molecule has 3 heteroatoms. The van der Waals surface area contributed by atoms with Crippen molar-refractivity contribution in [1.82, 2.24) is 0 Å². The monoisotopic (exact) mass is 514 g/mol. The van der Waals surface area contributed by atoms with Gasteiger partial charge < -0.3 is 4.43 Å². The van der Waals surface area contributed by atoms with Gasteiger partial charge in [-0.3, -0.25) is 0 Å². The standard InChI is InChI=1S/2C6H11.C6H5.CH5OSi.Bi.H/c3*1-2-4-6-5-3-1;1-2-3;;/h2*1H,2-6H2;1-5H;3H2,1H3;;. The van der Waals surface area contributed by atoms with E-state index in [1.807, 2.05) is 3.27 Å². The van der Waals surface area contributed by atoms with Crippen LogP contribution in [0.4, 0.5) is 0 Å². The number of rotatable bonds is 3. The molecular formula is C19H33BiOSi. The number of hydrogen-bond acceptors (Lipinski definition) is 1. The predicted molar refractivity (Wildman–Crippen MR) is 102 cm³/mol. The van der Waals surface area contributed by atoms with Crippen LogP contribution in [0, 0.1) is 0 Å². The van der Waals surface area contributed by atoms with Crippen LogP contribution in [-0.2, 0) is 4.43 Å². The third-order valence-corrected chi connectivity index (χ3v) is 20.4. The average Bonchev–Trinajstić information content (AvgIpc) is 2.59. The molecule has 2 radical (unpaired) electrons. The molecule has 0 aliphatic heterocycles. The average molecular weight is 515 g/mol. The Morgan fingerprint density at radius 3 is 1.64 bits per heavy atom. The van der Waals surface area contributed by atoms with Crippen LogP contribution in [0.25, 0.3) is 0 Å². The molecule has 0 aromatic heterocycles. The zero-order valence-electron chi connectivity index (χ0n) is 14.2. The van der Waals surface area contributed by atoms with Crippen LogP contribution < -0.4 is 3.27 Å². The molecule has 1 nitrogen and oxygen atoms in total. The van der Waals surface area contributed by atoms with Crippen LogP contribution in [0.3, 0.4) is 0 Å². The third kappa shape index (κ3) is 5.73. The summed E-state index contributed by atoms with van der Waals surface area (Å²) in [5.74, 6) is 0. The van der Waals surface area contributed by atoms with Gasteiger partial charge in [0, 0.05) is 7.11 Å². The SMILES string of the molecule is CO[SiH2].c1cc[c]([BiH]([CH]2CCCCC2)[CH]2CCCCC2)cc1. The van der Waals surface area contributed by atoms with Gasteiger partial charge in [-0.2, -0.15) is 0 Å². The van der Waals surface area contributed by atoms with Gasteiger partial charge in [0.2, 0.25) is 0 Å². The Bertz CT molecular complexity index is 368. The fraction of sp³-hybridized carbons (Fsp3) is 0.684. The maximum atomic E-state index is 4.28. The molecule has 2 saturated carbocycles. The van der Waals surface area contributed by atoms with Crippen LogP contribution in [0.1, 0.15) is 64.2 Å². The first-order chi connectivity index (χ1) is 10.9. The van der Waals surface area contributed by atoms with E-state index in [4.69, 9.17) is 0 Å². The van der Waals surface area contributed by atoms with E-state index in [2.05, 4.69) is 34.8 Å². The molecule has 0 unspecified atom stereocenters. The fourth-order valence-electron chi connectivity index (χ4n) is 4.26. The van der Waals surface area contributed by atoms with Crippen molar-refractivity contribution in [2.45, 2.75) is 71.5 Å². The van der Waals surface area contributed by atoms with Crippen molar-refractivity contribution in [1.29, 1.82) is 0 Å². The van der Waals surface area contributed by atoms with Gasteiger partial charge in [-0.15, -0.1) is 0 Å². The van der Waals surface area contributed by atoms with Crippen molar-refractivity contribution in [3.63, 3.8) is 0 Å². The summed E-state index contributed by atoms with van der Waals surface area (Å²) in [5.41, 5.74) is 0. The van der Waals surface area contributed by atoms with Crippen molar-refractivity contribution >= 4 is 35.5 Å². The van der Waals surface area contributed by atoms with Crippen LogP contribution in [-0.4, -0.2) is 39.3 Å². The molecule has 1 aromatic carbocycles. The molecule has 0 N–H and O–H groups in total. The van der Waals surface area contributed by atoms with E-state index in [1.165, 1.54) is 56.3 Å². The van der Waals surface area contributed by atoms with E-state index in [9.17, 15) is 0 Å². The first-order valence-electron chi connectivity index (χ1n) is 9.07. The molecule has 0 bridgehead atoms. The summed E-state index contributed by atoms with van der Waals surface area (Å²) in [6.45, 7) is 0. The zero-order chi connectivity index (χ0) is 15.6. The summed E-state index contributed by atoms with van der Waals surface area (Å²) < 4.78 is 8.50. The van der Waals surface area contributed by atoms with Crippen molar-refractivity contribution in [2.75, 3.05) is 7.11 Å². The van der Waals surface area contributed by atoms with Crippen LogP contribution in [0.5, 0.6) is 0 Å². The Labute approximate surface area is 148 Å². The van der Waals surface area contributed by atoms with Crippen molar-refractivity contribution in [3.05, 3.63) is 30.3 Å². The van der Waals surface area contributed by atoms with Gasteiger partial charge in [0.25, 0.3) is 0 Å². The minimum atomic E-state index is -1.62. The summed E-state index contributed by atoms with van der Waals surface area (Å²) in [6.07, 6.45) is 15.4. The molecule has 0 spiro atoms. The second-order valence-electron chi connectivity index (χ2n) is 6.78. The van der Waals surface area contributed by atoms with Gasteiger partial charge in [-0.05, 0) is 0 Å². The second kappa shape index (κ2) is 10.9. The molecule has 3 rings (SSSR count). The molecule has 22 heavy (non-hydrogen) atoms. The van der Waals surface area contributed by atoms with Gasteiger partial charge in [-0.1, -0.05) is 0 Å². The first-order valence-corrected chi connectivity index (χ1v) is 16.1. The van der Waals surface area contributed by atoms with Gasteiger partial charge >= 0.3 is 127 Å². The molecule has 0 heterocycles. The van der Waals surface area contributed by atoms with E-state index in [0.29, 0.717) is 0 Å². The van der Waals surface area contributed by atoms with E-state index >= 15 is 0 Å². The predicted octanol–water partition coefficient (Wildman–Crippen LogP) is 3.97. The third-order valence-electron chi connectivity index (χ3n) is 5.20. The second-order valence-corrected chi connectivity index (χ2v) is 19.5. The number of benzene rings is 1. The van der Waals surface area contributed by atoms with Crippen LogP contribution in [0.15, 0.2) is 30.3 Å². The summed E-state index contributed by atoms with van der Waals surface area (Å²) in [4.78, 5) is 0. The first kappa shape index (κ1) is 18.6. The Morgan fingerprint density at radius 1 is 0.818 bits per heavy atom. The maximum absolute atomic E-state index is 4.28. The van der Waals surface area contributed by atoms with E-state index < -0.39 is 21.8 Å². The quantitative estimate of drug-likeness (QED) is 0.555. The molecule has 2 aliphatic rings. The van der Waals surface area contributed by atoms with Crippen molar-refractivity contribution < 1.29 is 4.43 Å². The van der Waals surface area contributed by atoms with Crippen LogP contribution >= 0.6 is 0 Å². The minimum absolute atomic E-state index is 1.18. The normalized spacial score (nSPS) is 20.5. The Morgan fingerprint density at radius 2 is 1.23 bits per heavy atom. The Balaban J connectivity index is 0.000000545. The molecule has 2 aliphatic carbocycles. The van der Waals surface area contributed by atoms with Gasteiger partial charge in [0.05, 0.1) is 0 Å². The molecule has 1 aromatic rings. The summed E-state index contributed by atoms with van der Waals surface area (Å²) >= 11 is -1.62. The molecule has 0 saturated heterocycles. The topological polar surface area (TPSA) is 9.23 Å². The fourth-order valence-corrected chi connectivity index (χ4v) is 20.8.